The Balaban J connectivity index is -0.000000200. The van der Waals surface area contributed by atoms with Crippen molar-refractivity contribution in [1.82, 2.24) is 19.6 Å². The standard InChI is InChI=1S/C11H22N2O.C10H22N2.2CH4.2Y/c1-11(2,3)6-5-10(14)13-8-7-12(4)9-13;1-10(2,3)5-6-12-8-7-11(4)9-12;;;;/h5-9H2,1-4H3;5-9H2,1-4H3;2*1H4;;. The molecule has 2 saturated heterocycles. The molecule has 0 atom stereocenters. The van der Waals surface area contributed by atoms with Crippen LogP contribution in [0.3, 0.4) is 0 Å². The smallest absolute Gasteiger partial charge is 0.223 e. The van der Waals surface area contributed by atoms with Gasteiger partial charge >= 0.3 is 0 Å². The molecule has 7 heteroatoms. The molecule has 0 saturated carbocycles. The van der Waals surface area contributed by atoms with Crippen molar-refractivity contribution in [2.45, 2.75) is 75.7 Å². The normalized spacial score (nSPS) is 17.7. The summed E-state index contributed by atoms with van der Waals surface area (Å²) in [4.78, 5) is 20.8. The Kier molecular flexibility index (Phi) is 23.2. The second-order valence-electron chi connectivity index (χ2n) is 10.6. The van der Waals surface area contributed by atoms with Crippen molar-refractivity contribution in [3.63, 3.8) is 0 Å². The van der Waals surface area contributed by atoms with Crippen molar-refractivity contribution in [3.05, 3.63) is 0 Å². The molecule has 0 aromatic heterocycles. The number of likely N-dealkylation sites (N-methyl/N-ethyl adjacent to an activating group) is 2. The van der Waals surface area contributed by atoms with Gasteiger partial charge in [0.05, 0.1) is 13.3 Å². The van der Waals surface area contributed by atoms with E-state index in [0.29, 0.717) is 17.7 Å². The van der Waals surface area contributed by atoms with Crippen LogP contribution < -0.4 is 0 Å². The molecule has 0 spiro atoms. The first kappa shape index (κ1) is 38.8. The number of hydrogen-bond donors (Lipinski definition) is 0. The summed E-state index contributed by atoms with van der Waals surface area (Å²) in [5.41, 5.74) is 0.752. The molecule has 2 heterocycles. The molecule has 2 rings (SSSR count). The summed E-state index contributed by atoms with van der Waals surface area (Å²) in [5, 5.41) is 0. The number of nitrogens with zero attached hydrogens (tertiary/aromatic N) is 4. The zero-order chi connectivity index (χ0) is 20.0. The van der Waals surface area contributed by atoms with E-state index in [9.17, 15) is 4.79 Å². The van der Waals surface area contributed by atoms with E-state index in [1.807, 2.05) is 4.90 Å². The van der Waals surface area contributed by atoms with Crippen LogP contribution in [0.15, 0.2) is 0 Å². The summed E-state index contributed by atoms with van der Waals surface area (Å²) in [5.74, 6) is 0.310. The fourth-order valence-electron chi connectivity index (χ4n) is 3.04. The molecule has 2 aliphatic heterocycles. The molecule has 0 aliphatic carbocycles. The van der Waals surface area contributed by atoms with Gasteiger partial charge in [-0.05, 0) is 44.3 Å². The van der Waals surface area contributed by atoms with Crippen LogP contribution in [0.25, 0.3) is 0 Å². The molecule has 0 bridgehead atoms. The van der Waals surface area contributed by atoms with Gasteiger partial charge in [0.25, 0.3) is 0 Å². The quantitative estimate of drug-likeness (QED) is 0.494. The fraction of sp³-hybridized carbons (Fsp3) is 0.957. The number of amides is 1. The summed E-state index contributed by atoms with van der Waals surface area (Å²) < 4.78 is 0. The third kappa shape index (κ3) is 19.1. The van der Waals surface area contributed by atoms with Gasteiger partial charge in [-0.2, -0.15) is 0 Å². The van der Waals surface area contributed by atoms with Crippen LogP contribution in [-0.4, -0.2) is 85.7 Å². The Morgan fingerprint density at radius 2 is 1.20 bits per heavy atom. The van der Waals surface area contributed by atoms with Crippen molar-refractivity contribution >= 4 is 5.91 Å². The average molecular weight is 579 g/mol. The van der Waals surface area contributed by atoms with Crippen LogP contribution in [0.2, 0.25) is 0 Å². The third-order valence-corrected chi connectivity index (χ3v) is 5.02. The summed E-state index contributed by atoms with van der Waals surface area (Å²) in [7, 11) is 4.24. The maximum atomic E-state index is 11.7. The molecule has 0 aromatic carbocycles. The van der Waals surface area contributed by atoms with Crippen molar-refractivity contribution in [2.75, 3.05) is 60.2 Å². The van der Waals surface area contributed by atoms with Crippen molar-refractivity contribution < 1.29 is 70.2 Å². The van der Waals surface area contributed by atoms with Crippen molar-refractivity contribution in [3.8, 4) is 0 Å². The zero-order valence-electron chi connectivity index (χ0n) is 19.9. The Morgan fingerprint density at radius 3 is 1.57 bits per heavy atom. The summed E-state index contributed by atoms with van der Waals surface area (Å²) in [6.45, 7) is 21.1. The van der Waals surface area contributed by atoms with Gasteiger partial charge < -0.3 is 4.90 Å². The van der Waals surface area contributed by atoms with E-state index in [4.69, 9.17) is 0 Å². The Labute approximate surface area is 240 Å². The van der Waals surface area contributed by atoms with E-state index in [2.05, 4.69) is 70.3 Å². The first-order chi connectivity index (χ1) is 11.9. The number of rotatable bonds is 4. The van der Waals surface area contributed by atoms with Gasteiger partial charge in [-0.15, -0.1) is 0 Å². The van der Waals surface area contributed by atoms with Crippen molar-refractivity contribution in [2.24, 2.45) is 10.8 Å². The SMILES string of the molecule is C.C.CN1CCN(C(=O)CCC(C)(C)C)C1.CN1CCN(CCC(C)(C)C)C1.[Y].[Y]. The largest absolute Gasteiger partial charge is 0.328 e. The molecule has 0 N–H and O–H groups in total. The topological polar surface area (TPSA) is 30.0 Å². The maximum Gasteiger partial charge on any atom is 0.223 e. The van der Waals surface area contributed by atoms with Gasteiger partial charge in [-0.25, -0.2) is 0 Å². The van der Waals surface area contributed by atoms with E-state index < -0.39 is 0 Å². The molecule has 2 fully saturated rings. The third-order valence-electron chi connectivity index (χ3n) is 5.02. The van der Waals surface area contributed by atoms with E-state index in [0.717, 1.165) is 32.8 Å². The minimum atomic E-state index is 0. The zero-order valence-corrected chi connectivity index (χ0v) is 25.6. The molecular formula is C23H52N4OY2. The van der Waals surface area contributed by atoms with Crippen LogP contribution >= 0.6 is 0 Å². The molecule has 1 amide bonds. The molecular weight excluding hydrogens is 526 g/mol. The van der Waals surface area contributed by atoms with Gasteiger partial charge in [0.1, 0.15) is 0 Å². The number of carbonyl (C=O) groups is 1. The molecule has 5 nitrogen and oxygen atoms in total. The maximum absolute atomic E-state index is 11.7. The molecule has 30 heavy (non-hydrogen) atoms. The summed E-state index contributed by atoms with van der Waals surface area (Å²) in [6, 6.07) is 0. The fourth-order valence-corrected chi connectivity index (χ4v) is 3.04. The van der Waals surface area contributed by atoms with Gasteiger partial charge in [-0.1, -0.05) is 56.4 Å². The van der Waals surface area contributed by atoms with E-state index in [-0.39, 0.29) is 85.7 Å². The van der Waals surface area contributed by atoms with Crippen LogP contribution in [-0.2, 0) is 70.2 Å². The van der Waals surface area contributed by atoms with Gasteiger partial charge in [0, 0.05) is 98.0 Å². The van der Waals surface area contributed by atoms with E-state index in [1.165, 1.54) is 26.1 Å². The Bertz CT molecular complexity index is 436. The molecule has 0 unspecified atom stereocenters. The molecule has 176 valence electrons. The molecule has 0 aromatic rings. The second-order valence-corrected chi connectivity index (χ2v) is 10.6. The van der Waals surface area contributed by atoms with Crippen LogP contribution in [0, 0.1) is 10.8 Å². The second kappa shape index (κ2) is 18.0. The summed E-state index contributed by atoms with van der Waals surface area (Å²) in [6.07, 6.45) is 2.98. The predicted molar refractivity (Wildman–Crippen MR) is 125 cm³/mol. The monoisotopic (exact) mass is 578 g/mol. The van der Waals surface area contributed by atoms with Crippen molar-refractivity contribution in [1.29, 1.82) is 0 Å². The first-order valence-electron chi connectivity index (χ1n) is 10.2. The number of carbonyl (C=O) groups excluding carboxylic acids is 1. The van der Waals surface area contributed by atoms with Gasteiger partial charge in [0.15, 0.2) is 0 Å². The van der Waals surface area contributed by atoms with Crippen LogP contribution in [0.5, 0.6) is 0 Å². The van der Waals surface area contributed by atoms with Gasteiger partial charge in [0.2, 0.25) is 5.91 Å². The minimum absolute atomic E-state index is 0. The minimum Gasteiger partial charge on any atom is -0.328 e. The predicted octanol–water partition coefficient (Wildman–Crippen LogP) is 4.44. The number of hydrogen-bond acceptors (Lipinski definition) is 4. The molecule has 2 aliphatic rings. The Morgan fingerprint density at radius 1 is 0.733 bits per heavy atom. The first-order valence-corrected chi connectivity index (χ1v) is 10.2. The van der Waals surface area contributed by atoms with E-state index >= 15 is 0 Å². The van der Waals surface area contributed by atoms with Crippen LogP contribution in [0.1, 0.15) is 75.7 Å². The Hall–Kier alpha value is 1.56. The van der Waals surface area contributed by atoms with E-state index in [1.54, 1.807) is 0 Å². The van der Waals surface area contributed by atoms with Crippen LogP contribution in [0.4, 0.5) is 0 Å². The average Bonchev–Trinajstić information content (AvgIpc) is 3.10. The molecule has 2 radical (unpaired) electrons. The van der Waals surface area contributed by atoms with Gasteiger partial charge in [-0.3, -0.25) is 19.5 Å². The summed E-state index contributed by atoms with van der Waals surface area (Å²) >= 11 is 0.